The minimum atomic E-state index is -0.809. The Hall–Kier alpha value is -1.84. The maximum Gasteiger partial charge on any atom is 0.303 e. The summed E-state index contributed by atoms with van der Waals surface area (Å²) >= 11 is 0. The van der Waals surface area contributed by atoms with Gasteiger partial charge >= 0.3 is 5.97 Å². The second-order valence-electron chi connectivity index (χ2n) is 5.31. The van der Waals surface area contributed by atoms with Crippen LogP contribution in [0.1, 0.15) is 57.4 Å². The van der Waals surface area contributed by atoms with E-state index in [1.807, 2.05) is 24.3 Å². The molecule has 0 radical (unpaired) electrons. The van der Waals surface area contributed by atoms with Crippen molar-refractivity contribution in [3.05, 3.63) is 29.8 Å². The first-order valence-electron chi connectivity index (χ1n) is 7.72. The molecule has 116 valence electrons. The lowest BCUT2D eigenvalue weighted by Crippen LogP contribution is -2.11. The number of amides is 1. The fourth-order valence-corrected chi connectivity index (χ4v) is 2.17. The summed E-state index contributed by atoms with van der Waals surface area (Å²) < 4.78 is 0. The highest BCUT2D eigenvalue weighted by atomic mass is 16.4. The molecule has 0 aliphatic carbocycles. The summed E-state index contributed by atoms with van der Waals surface area (Å²) in [5, 5.41) is 11.6. The molecular weight excluding hydrogens is 266 g/mol. The largest absolute Gasteiger partial charge is 0.481 e. The van der Waals surface area contributed by atoms with Gasteiger partial charge in [0.25, 0.3) is 0 Å². The molecule has 0 atom stereocenters. The average Bonchev–Trinajstić information content (AvgIpc) is 2.45. The van der Waals surface area contributed by atoms with Gasteiger partial charge in [-0.25, -0.2) is 0 Å². The van der Waals surface area contributed by atoms with Gasteiger partial charge in [0.15, 0.2) is 0 Å². The van der Waals surface area contributed by atoms with Crippen LogP contribution in [0.15, 0.2) is 24.3 Å². The number of carbonyl (C=O) groups is 2. The standard InChI is InChI=1S/C17H25NO3/c1-2-3-4-5-6-10-16(19)18-15-9-7-8-14(13-15)11-12-17(20)21/h7-9,13H,2-6,10-12H2,1H3,(H,18,19)(H,20,21). The number of nitrogens with one attached hydrogen (secondary N) is 1. The summed E-state index contributed by atoms with van der Waals surface area (Å²) in [5.41, 5.74) is 1.68. The summed E-state index contributed by atoms with van der Waals surface area (Å²) in [5.74, 6) is -0.779. The van der Waals surface area contributed by atoms with Gasteiger partial charge in [-0.2, -0.15) is 0 Å². The number of hydrogen-bond donors (Lipinski definition) is 2. The van der Waals surface area contributed by atoms with E-state index in [1.54, 1.807) is 0 Å². The topological polar surface area (TPSA) is 66.4 Å². The second-order valence-corrected chi connectivity index (χ2v) is 5.31. The van der Waals surface area contributed by atoms with Crippen molar-refractivity contribution in [3.63, 3.8) is 0 Å². The number of aryl methyl sites for hydroxylation is 1. The molecule has 0 saturated heterocycles. The monoisotopic (exact) mass is 291 g/mol. The average molecular weight is 291 g/mol. The van der Waals surface area contributed by atoms with E-state index in [-0.39, 0.29) is 12.3 Å². The van der Waals surface area contributed by atoms with E-state index in [0.717, 1.165) is 24.1 Å². The maximum atomic E-state index is 11.8. The minimum Gasteiger partial charge on any atom is -0.481 e. The van der Waals surface area contributed by atoms with Gasteiger partial charge in [-0.05, 0) is 30.5 Å². The van der Waals surface area contributed by atoms with Gasteiger partial charge in [0, 0.05) is 18.5 Å². The van der Waals surface area contributed by atoms with Crippen molar-refractivity contribution in [1.82, 2.24) is 0 Å². The molecule has 4 nitrogen and oxygen atoms in total. The molecule has 0 aliphatic rings. The highest BCUT2D eigenvalue weighted by Crippen LogP contribution is 2.13. The molecule has 1 rings (SSSR count). The third kappa shape index (κ3) is 8.12. The van der Waals surface area contributed by atoms with Crippen LogP contribution in [0.2, 0.25) is 0 Å². The van der Waals surface area contributed by atoms with Gasteiger partial charge in [-0.3, -0.25) is 9.59 Å². The Labute approximate surface area is 126 Å². The fraction of sp³-hybridized carbons (Fsp3) is 0.529. The van der Waals surface area contributed by atoms with Crippen molar-refractivity contribution in [1.29, 1.82) is 0 Å². The minimum absolute atomic E-state index is 0.0295. The lowest BCUT2D eigenvalue weighted by atomic mass is 10.1. The molecule has 0 aliphatic heterocycles. The maximum absolute atomic E-state index is 11.8. The van der Waals surface area contributed by atoms with Crippen LogP contribution in [0.4, 0.5) is 5.69 Å². The third-order valence-electron chi connectivity index (χ3n) is 3.35. The number of unbranched alkanes of at least 4 members (excludes halogenated alkanes) is 4. The zero-order valence-electron chi connectivity index (χ0n) is 12.7. The molecule has 2 N–H and O–H groups in total. The molecular formula is C17H25NO3. The molecule has 0 saturated carbocycles. The van der Waals surface area contributed by atoms with E-state index in [2.05, 4.69) is 12.2 Å². The number of aliphatic carboxylic acids is 1. The van der Waals surface area contributed by atoms with Crippen molar-refractivity contribution in [2.45, 2.75) is 58.3 Å². The third-order valence-corrected chi connectivity index (χ3v) is 3.35. The van der Waals surface area contributed by atoms with E-state index in [9.17, 15) is 9.59 Å². The summed E-state index contributed by atoms with van der Waals surface area (Å²) in [4.78, 5) is 22.4. The van der Waals surface area contributed by atoms with Gasteiger partial charge in [-0.15, -0.1) is 0 Å². The van der Waals surface area contributed by atoms with Crippen LogP contribution in [0.25, 0.3) is 0 Å². The summed E-state index contributed by atoms with van der Waals surface area (Å²) in [6.45, 7) is 2.17. The van der Waals surface area contributed by atoms with Crippen LogP contribution in [0, 0.1) is 0 Å². The lowest BCUT2D eigenvalue weighted by Gasteiger charge is -2.07. The van der Waals surface area contributed by atoms with Crippen LogP contribution in [-0.2, 0) is 16.0 Å². The van der Waals surface area contributed by atoms with Gasteiger partial charge in [0.1, 0.15) is 0 Å². The van der Waals surface area contributed by atoms with Gasteiger partial charge in [0.2, 0.25) is 5.91 Å². The highest BCUT2D eigenvalue weighted by molar-refractivity contribution is 5.90. The molecule has 0 fully saturated rings. The molecule has 1 aromatic carbocycles. The summed E-state index contributed by atoms with van der Waals surface area (Å²) in [6, 6.07) is 7.40. The van der Waals surface area contributed by atoms with Crippen molar-refractivity contribution in [2.75, 3.05) is 5.32 Å². The van der Waals surface area contributed by atoms with Crippen molar-refractivity contribution in [2.24, 2.45) is 0 Å². The predicted molar refractivity (Wildman–Crippen MR) is 84.4 cm³/mol. The molecule has 0 spiro atoms. The quantitative estimate of drug-likeness (QED) is 0.640. The van der Waals surface area contributed by atoms with E-state index >= 15 is 0 Å². The smallest absolute Gasteiger partial charge is 0.303 e. The van der Waals surface area contributed by atoms with Gasteiger partial charge in [0.05, 0.1) is 0 Å². The first kappa shape index (κ1) is 17.2. The van der Waals surface area contributed by atoms with Crippen LogP contribution >= 0.6 is 0 Å². The number of rotatable bonds is 10. The second kappa shape index (κ2) is 9.97. The number of hydrogen-bond acceptors (Lipinski definition) is 2. The molecule has 21 heavy (non-hydrogen) atoms. The van der Waals surface area contributed by atoms with E-state index in [1.165, 1.54) is 19.3 Å². The number of carboxylic acids is 1. The Morgan fingerprint density at radius 1 is 1.10 bits per heavy atom. The van der Waals surface area contributed by atoms with Crippen molar-refractivity contribution < 1.29 is 14.7 Å². The van der Waals surface area contributed by atoms with Crippen LogP contribution in [0.3, 0.4) is 0 Å². The Kier molecular flexibility index (Phi) is 8.17. The predicted octanol–water partition coefficient (Wildman–Crippen LogP) is 4.00. The number of benzene rings is 1. The van der Waals surface area contributed by atoms with E-state index in [4.69, 9.17) is 5.11 Å². The lowest BCUT2D eigenvalue weighted by molar-refractivity contribution is -0.137. The van der Waals surface area contributed by atoms with Crippen LogP contribution in [0.5, 0.6) is 0 Å². The van der Waals surface area contributed by atoms with E-state index in [0.29, 0.717) is 12.8 Å². The zero-order chi connectivity index (χ0) is 15.5. The number of anilines is 1. The van der Waals surface area contributed by atoms with E-state index < -0.39 is 5.97 Å². The fourth-order valence-electron chi connectivity index (χ4n) is 2.17. The first-order valence-corrected chi connectivity index (χ1v) is 7.72. The van der Waals surface area contributed by atoms with Crippen LogP contribution in [-0.4, -0.2) is 17.0 Å². The molecule has 1 amide bonds. The molecule has 4 heteroatoms. The van der Waals surface area contributed by atoms with Gasteiger partial charge in [-0.1, -0.05) is 44.7 Å². The van der Waals surface area contributed by atoms with Crippen molar-refractivity contribution in [3.8, 4) is 0 Å². The Morgan fingerprint density at radius 3 is 2.57 bits per heavy atom. The van der Waals surface area contributed by atoms with Gasteiger partial charge < -0.3 is 10.4 Å². The Bertz CT molecular complexity index is 457. The Morgan fingerprint density at radius 2 is 1.86 bits per heavy atom. The Balaban J connectivity index is 2.34. The van der Waals surface area contributed by atoms with Crippen molar-refractivity contribution >= 4 is 17.6 Å². The first-order chi connectivity index (χ1) is 10.1. The highest BCUT2D eigenvalue weighted by Gasteiger charge is 2.04. The normalized spacial score (nSPS) is 10.3. The summed E-state index contributed by atoms with van der Waals surface area (Å²) in [7, 11) is 0. The molecule has 0 heterocycles. The zero-order valence-corrected chi connectivity index (χ0v) is 12.7. The molecule has 1 aromatic rings. The number of carbonyl (C=O) groups excluding carboxylic acids is 1. The number of carboxylic acid groups (broad SMARTS) is 1. The molecule has 0 aromatic heterocycles. The summed E-state index contributed by atoms with van der Waals surface area (Å²) in [6.07, 6.45) is 6.77. The molecule has 0 unspecified atom stereocenters. The SMILES string of the molecule is CCCCCCCC(=O)Nc1cccc(CCC(=O)O)c1. The molecule has 0 bridgehead atoms. The van der Waals surface area contributed by atoms with Crippen LogP contribution < -0.4 is 5.32 Å².